The van der Waals surface area contributed by atoms with E-state index >= 15 is 0 Å². The topological polar surface area (TPSA) is 146 Å². The Morgan fingerprint density at radius 2 is 1.10 bits per heavy atom. The molecular formula is AgCrNO7. The van der Waals surface area contributed by atoms with Crippen molar-refractivity contribution < 1.29 is 57.0 Å². The molecule has 8 nitrogen and oxygen atoms in total. The van der Waals surface area contributed by atoms with Crippen molar-refractivity contribution in [1.82, 2.24) is 0 Å². The second-order valence-electron chi connectivity index (χ2n) is 0.632. The van der Waals surface area contributed by atoms with E-state index in [1.807, 2.05) is 0 Å². The van der Waals surface area contributed by atoms with Gasteiger partial charge in [0.2, 0.25) is 0 Å². The van der Waals surface area contributed by atoms with Crippen LogP contribution in [-0.4, -0.2) is 5.09 Å². The molecular weight excluding hydrogens is 286 g/mol. The first-order chi connectivity index (χ1) is 3.73. The van der Waals surface area contributed by atoms with Crippen molar-refractivity contribution in [2.45, 2.75) is 0 Å². The minimum absolute atomic E-state index is 0. The molecule has 64 valence electrons. The van der Waals surface area contributed by atoms with E-state index in [1.165, 1.54) is 0 Å². The van der Waals surface area contributed by atoms with Crippen molar-refractivity contribution in [3.05, 3.63) is 15.3 Å². The van der Waals surface area contributed by atoms with Crippen LogP contribution in [0.5, 0.6) is 0 Å². The van der Waals surface area contributed by atoms with Crippen LogP contribution in [0.4, 0.5) is 0 Å². The predicted octanol–water partition coefficient (Wildman–Crippen LogP) is -2.86. The van der Waals surface area contributed by atoms with E-state index in [4.69, 9.17) is 31.2 Å². The van der Waals surface area contributed by atoms with Crippen LogP contribution in [0.2, 0.25) is 0 Å². The molecule has 0 atom stereocenters. The summed E-state index contributed by atoms with van der Waals surface area (Å²) in [5.41, 5.74) is 0. The van der Waals surface area contributed by atoms with Crippen LogP contribution < -0.4 is 8.32 Å². The molecule has 0 amide bonds. The van der Waals surface area contributed by atoms with E-state index in [9.17, 15) is 0 Å². The summed E-state index contributed by atoms with van der Waals surface area (Å²) < 4.78 is 34.4. The molecule has 0 unspecified atom stereocenters. The molecule has 10 heteroatoms. The molecule has 0 spiro atoms. The van der Waals surface area contributed by atoms with Crippen molar-refractivity contribution in [3.63, 3.8) is 0 Å². The van der Waals surface area contributed by atoms with E-state index in [0.717, 1.165) is 0 Å². The molecule has 0 aliphatic heterocycles. The standard InChI is InChI=1S/Ag.Cr.NO3.4O/c;;2-1(3)4;;;;/q+3;;-1;;;2*-1. The molecule has 0 heterocycles. The van der Waals surface area contributed by atoms with Crippen molar-refractivity contribution in [1.29, 1.82) is 0 Å². The predicted molar refractivity (Wildman–Crippen MR) is 11.7 cm³/mol. The van der Waals surface area contributed by atoms with Gasteiger partial charge in [-0.05, 0) is 0 Å². The van der Waals surface area contributed by atoms with Gasteiger partial charge in [0.05, 0.1) is 5.09 Å². The molecule has 0 rings (SSSR count). The number of hydrogen-bond donors (Lipinski definition) is 0. The first-order valence-corrected chi connectivity index (χ1v) is 3.30. The van der Waals surface area contributed by atoms with E-state index in [0.29, 0.717) is 0 Å². The van der Waals surface area contributed by atoms with Gasteiger partial charge in [-0.1, -0.05) is 0 Å². The molecule has 0 saturated heterocycles. The molecule has 0 aromatic rings. The fourth-order valence-electron chi connectivity index (χ4n) is 0. The van der Waals surface area contributed by atoms with E-state index < -0.39 is 18.7 Å². The fraction of sp³-hybridized carbons (Fsp3) is 0. The van der Waals surface area contributed by atoms with Gasteiger partial charge in [-0.3, -0.25) is 0 Å². The summed E-state index contributed by atoms with van der Waals surface area (Å²) in [6, 6.07) is 0. The van der Waals surface area contributed by atoms with Gasteiger partial charge in [0, 0.05) is 0 Å². The Bertz CT molecular complexity index is 156. The van der Waals surface area contributed by atoms with Gasteiger partial charge in [0.1, 0.15) is 0 Å². The van der Waals surface area contributed by atoms with E-state index in [-0.39, 0.29) is 22.4 Å². The normalized spacial score (nSPS) is 8.20. The SMILES string of the molecule is O=[N+]([O-])[O-].[Ag+3].[O]=[Cr](=[O])([O-])[O-]. The van der Waals surface area contributed by atoms with Gasteiger partial charge in [-0.15, -0.1) is 0 Å². The van der Waals surface area contributed by atoms with Gasteiger partial charge in [-0.2, -0.15) is 0 Å². The van der Waals surface area contributed by atoms with E-state index in [1.54, 1.807) is 0 Å². The third-order valence-electron chi connectivity index (χ3n) is 0. The maximum absolute atomic E-state index is 8.59. The summed E-state index contributed by atoms with van der Waals surface area (Å²) in [6.07, 6.45) is 0. The Kier molecular flexibility index (Phi) is 11.7. The van der Waals surface area contributed by atoms with Gasteiger partial charge in [-0.25, -0.2) is 0 Å². The van der Waals surface area contributed by atoms with Crippen molar-refractivity contribution in [3.8, 4) is 0 Å². The summed E-state index contributed by atoms with van der Waals surface area (Å²) in [5, 5.41) is 14.8. The summed E-state index contributed by atoms with van der Waals surface area (Å²) in [6.45, 7) is 0. The molecule has 0 fully saturated rings. The number of rotatable bonds is 0. The van der Waals surface area contributed by atoms with Crippen molar-refractivity contribution in [2.24, 2.45) is 0 Å². The Hall–Kier alpha value is -0.00727. The third-order valence-corrected chi connectivity index (χ3v) is 0. The molecule has 0 bridgehead atoms. The number of hydrogen-bond acceptors (Lipinski definition) is 7. The number of nitrogens with zero attached hydrogens (tertiary/aromatic N) is 1. The second-order valence-corrected chi connectivity index (χ2v) is 1.91. The van der Waals surface area contributed by atoms with Crippen LogP contribution in [0, 0.1) is 15.3 Å². The molecule has 10 heavy (non-hydrogen) atoms. The van der Waals surface area contributed by atoms with Gasteiger partial charge < -0.3 is 15.3 Å². The zero-order chi connectivity index (χ0) is 8.08. The zero-order valence-electron chi connectivity index (χ0n) is 4.01. The van der Waals surface area contributed by atoms with Crippen molar-refractivity contribution >= 4 is 0 Å². The third kappa shape index (κ3) is 7390000. The van der Waals surface area contributed by atoms with Crippen molar-refractivity contribution in [2.75, 3.05) is 0 Å². The average molecular weight is 286 g/mol. The summed E-state index contributed by atoms with van der Waals surface area (Å²) in [4.78, 5) is 8.25. The Balaban J connectivity index is -0.0000000910. The van der Waals surface area contributed by atoms with Crippen LogP contribution in [0.3, 0.4) is 0 Å². The molecule has 0 aromatic carbocycles. The van der Waals surface area contributed by atoms with Crippen LogP contribution in [0.15, 0.2) is 0 Å². The molecule has 0 saturated carbocycles. The van der Waals surface area contributed by atoms with Gasteiger partial charge in [0.15, 0.2) is 0 Å². The Labute approximate surface area is 72.5 Å². The van der Waals surface area contributed by atoms with Crippen LogP contribution in [-0.2, 0) is 43.6 Å². The summed E-state index contributed by atoms with van der Waals surface area (Å²) in [5.74, 6) is 0. The van der Waals surface area contributed by atoms with Crippen LogP contribution in [0.1, 0.15) is 0 Å². The van der Waals surface area contributed by atoms with E-state index in [2.05, 4.69) is 0 Å². The molecule has 0 radical (unpaired) electrons. The fourth-order valence-corrected chi connectivity index (χ4v) is 0. The van der Waals surface area contributed by atoms with Crippen LogP contribution in [0.25, 0.3) is 0 Å². The maximum atomic E-state index is 8.59. The average Bonchev–Trinajstić information content (AvgIpc) is 1.19. The first-order valence-electron chi connectivity index (χ1n) is 1.21. The van der Waals surface area contributed by atoms with Gasteiger partial charge in [0.25, 0.3) is 0 Å². The van der Waals surface area contributed by atoms with Gasteiger partial charge >= 0.3 is 51.9 Å². The minimum atomic E-state index is -5.75. The summed E-state index contributed by atoms with van der Waals surface area (Å²) >= 11 is -5.75. The van der Waals surface area contributed by atoms with Crippen LogP contribution >= 0.6 is 0 Å². The molecule has 0 aromatic heterocycles. The Morgan fingerprint density at radius 1 is 1.10 bits per heavy atom. The summed E-state index contributed by atoms with van der Waals surface area (Å²) in [7, 11) is 0. The monoisotopic (exact) mass is 285 g/mol. The zero-order valence-corrected chi connectivity index (χ0v) is 6.77. The second kappa shape index (κ2) is 7.10. The Morgan fingerprint density at radius 3 is 1.10 bits per heavy atom. The molecule has 0 aliphatic carbocycles. The molecule has 0 aliphatic rings. The first kappa shape index (κ1) is 16.5. The quantitative estimate of drug-likeness (QED) is 0.264. The molecule has 0 N–H and O–H groups in total.